The predicted octanol–water partition coefficient (Wildman–Crippen LogP) is 2.72. The highest BCUT2D eigenvalue weighted by Gasteiger charge is 2.25. The number of hydrogen-bond acceptors (Lipinski definition) is 7. The number of carbonyl (C=O) groups is 1. The van der Waals surface area contributed by atoms with Crippen molar-refractivity contribution in [1.29, 1.82) is 0 Å². The quantitative estimate of drug-likeness (QED) is 0.439. The number of aryl methyl sites for hydroxylation is 2. The minimum absolute atomic E-state index is 0.0493. The van der Waals surface area contributed by atoms with Crippen LogP contribution >= 0.6 is 0 Å². The molecule has 1 saturated heterocycles. The maximum atomic E-state index is 15.0. The second kappa shape index (κ2) is 9.02. The number of halogens is 1. The smallest absolute Gasteiger partial charge is 0.332 e. The molecule has 4 heterocycles. The zero-order valence-corrected chi connectivity index (χ0v) is 21.3. The van der Waals surface area contributed by atoms with E-state index >= 15 is 0 Å². The number of amides is 1. The predicted molar refractivity (Wildman–Crippen MR) is 136 cm³/mol. The average molecular weight is 510 g/mol. The fraction of sp³-hybridized carbons (Fsp3) is 0.400. The van der Waals surface area contributed by atoms with Crippen LogP contribution in [-0.4, -0.2) is 42.2 Å². The number of carbonyl (C=O) groups excluding carboxylic acids is 1. The van der Waals surface area contributed by atoms with E-state index in [0.29, 0.717) is 22.7 Å². The number of nitrogens with zero attached hydrogens (tertiary/aromatic N) is 6. The summed E-state index contributed by atoms with van der Waals surface area (Å²) in [5.74, 6) is -0.426. The van der Waals surface area contributed by atoms with E-state index in [9.17, 15) is 18.8 Å². The van der Waals surface area contributed by atoms with Crippen molar-refractivity contribution in [3.05, 3.63) is 56.9 Å². The Kier molecular flexibility index (Phi) is 5.97. The topological polar surface area (TPSA) is 120 Å². The summed E-state index contributed by atoms with van der Waals surface area (Å²) in [6.07, 6.45) is 3.41. The largest absolute Gasteiger partial charge is 0.428 e. The van der Waals surface area contributed by atoms with Crippen LogP contribution in [0.5, 0.6) is 0 Å². The molecule has 1 aliphatic heterocycles. The van der Waals surface area contributed by atoms with Gasteiger partial charge in [0.25, 0.3) is 11.5 Å². The normalized spacial score (nSPS) is 16.5. The van der Waals surface area contributed by atoms with E-state index in [-0.39, 0.29) is 29.0 Å². The molecule has 1 aromatic carbocycles. The Morgan fingerprint density at radius 3 is 2.68 bits per heavy atom. The van der Waals surface area contributed by atoms with Gasteiger partial charge in [-0.2, -0.15) is 4.98 Å². The molecule has 3 aromatic heterocycles. The molecule has 11 nitrogen and oxygen atoms in total. The molecule has 1 amide bonds. The van der Waals surface area contributed by atoms with E-state index in [2.05, 4.69) is 27.1 Å². The van der Waals surface area contributed by atoms with Gasteiger partial charge in [0.15, 0.2) is 11.2 Å². The highest BCUT2D eigenvalue weighted by atomic mass is 19.1. The number of imidazole rings is 1. The van der Waals surface area contributed by atoms with Crippen molar-refractivity contribution in [2.45, 2.75) is 45.7 Å². The Bertz CT molecular complexity index is 1650. The van der Waals surface area contributed by atoms with E-state index < -0.39 is 23.2 Å². The van der Waals surface area contributed by atoms with Gasteiger partial charge in [0.1, 0.15) is 23.3 Å². The van der Waals surface area contributed by atoms with E-state index in [4.69, 9.17) is 4.42 Å². The molecule has 5 rings (SSSR count). The van der Waals surface area contributed by atoms with Crippen molar-refractivity contribution in [2.24, 2.45) is 14.1 Å². The Morgan fingerprint density at radius 2 is 2.00 bits per heavy atom. The standard InChI is InChI=1S/C25H28FN7O4/c1-13-7-6-10-32(13)18-9-8-16(11-17(18)26)19-15(3)37-24(28-19)29-22(34)14(2)33-12-27-21-20(33)23(35)31(5)25(36)30(21)4/h8-9,11-14H,6-7,10H2,1-5H3,(H,28,29,34)/t13-,14-/m0/s1. The number of anilines is 2. The third-order valence-corrected chi connectivity index (χ3v) is 7.08. The maximum absolute atomic E-state index is 15.0. The number of rotatable bonds is 5. The van der Waals surface area contributed by atoms with Crippen molar-refractivity contribution < 1.29 is 13.6 Å². The Balaban J connectivity index is 1.40. The molecule has 0 spiro atoms. The summed E-state index contributed by atoms with van der Waals surface area (Å²) < 4.78 is 24.2. The van der Waals surface area contributed by atoms with Gasteiger partial charge in [0.05, 0.1) is 12.0 Å². The molecule has 2 atom stereocenters. The SMILES string of the molecule is Cc1oc(NC(=O)[C@H](C)n2cnc3c2c(=O)n(C)c(=O)n3C)nc1-c1ccc(N2CCC[C@@H]2C)c(F)c1. The van der Waals surface area contributed by atoms with Gasteiger partial charge in [-0.1, -0.05) is 6.07 Å². The van der Waals surface area contributed by atoms with Crippen LogP contribution in [0.1, 0.15) is 38.5 Å². The van der Waals surface area contributed by atoms with Crippen LogP contribution in [0.3, 0.4) is 0 Å². The first-order valence-electron chi connectivity index (χ1n) is 12.1. The molecular weight excluding hydrogens is 481 g/mol. The Hall–Kier alpha value is -4.22. The van der Waals surface area contributed by atoms with Gasteiger partial charge in [0.2, 0.25) is 0 Å². The van der Waals surface area contributed by atoms with Crippen LogP contribution < -0.4 is 21.5 Å². The molecule has 0 bridgehead atoms. The molecule has 0 unspecified atom stereocenters. The molecule has 1 aliphatic rings. The van der Waals surface area contributed by atoms with Gasteiger partial charge in [-0.05, 0) is 45.7 Å². The molecule has 12 heteroatoms. The molecule has 1 fully saturated rings. The van der Waals surface area contributed by atoms with Gasteiger partial charge in [-0.15, -0.1) is 0 Å². The number of oxazole rings is 1. The number of nitrogens with one attached hydrogen (secondary N) is 1. The molecule has 4 aromatic rings. The first-order valence-corrected chi connectivity index (χ1v) is 12.1. The van der Waals surface area contributed by atoms with Gasteiger partial charge >= 0.3 is 11.7 Å². The van der Waals surface area contributed by atoms with Crippen LogP contribution in [0.25, 0.3) is 22.4 Å². The highest BCUT2D eigenvalue weighted by Crippen LogP contribution is 2.32. The molecule has 0 aliphatic carbocycles. The Morgan fingerprint density at radius 1 is 1.24 bits per heavy atom. The number of benzene rings is 1. The van der Waals surface area contributed by atoms with Gasteiger partial charge in [-0.3, -0.25) is 24.0 Å². The van der Waals surface area contributed by atoms with Crippen molar-refractivity contribution in [3.8, 4) is 11.3 Å². The second-order valence-corrected chi connectivity index (χ2v) is 9.47. The summed E-state index contributed by atoms with van der Waals surface area (Å²) in [4.78, 5) is 48.5. The average Bonchev–Trinajstić information content (AvgIpc) is 3.59. The zero-order chi connectivity index (χ0) is 26.6. The highest BCUT2D eigenvalue weighted by molar-refractivity contribution is 5.93. The van der Waals surface area contributed by atoms with Crippen molar-refractivity contribution in [2.75, 3.05) is 16.8 Å². The lowest BCUT2D eigenvalue weighted by atomic mass is 10.1. The monoisotopic (exact) mass is 509 g/mol. The second-order valence-electron chi connectivity index (χ2n) is 9.47. The van der Waals surface area contributed by atoms with E-state index in [1.807, 2.05) is 0 Å². The molecule has 1 N–H and O–H groups in total. The first-order chi connectivity index (χ1) is 17.6. The Labute approximate surface area is 211 Å². The third kappa shape index (κ3) is 4.02. The summed E-state index contributed by atoms with van der Waals surface area (Å²) in [5, 5.41) is 2.62. The molecule has 37 heavy (non-hydrogen) atoms. The minimum Gasteiger partial charge on any atom is -0.428 e. The summed E-state index contributed by atoms with van der Waals surface area (Å²) in [7, 11) is 2.87. The molecular formula is C25H28FN7O4. The first kappa shape index (κ1) is 24.5. The minimum atomic E-state index is -0.870. The van der Waals surface area contributed by atoms with Gasteiger partial charge in [-0.25, -0.2) is 14.2 Å². The maximum Gasteiger partial charge on any atom is 0.332 e. The van der Waals surface area contributed by atoms with Crippen LogP contribution in [0, 0.1) is 12.7 Å². The number of aromatic nitrogens is 5. The van der Waals surface area contributed by atoms with Gasteiger partial charge < -0.3 is 13.9 Å². The summed E-state index contributed by atoms with van der Waals surface area (Å²) in [6, 6.07) is 4.34. The molecule has 0 saturated carbocycles. The van der Waals surface area contributed by atoms with Crippen molar-refractivity contribution in [3.63, 3.8) is 0 Å². The van der Waals surface area contributed by atoms with Crippen LogP contribution in [0.2, 0.25) is 0 Å². The summed E-state index contributed by atoms with van der Waals surface area (Å²) in [5.41, 5.74) is 0.747. The summed E-state index contributed by atoms with van der Waals surface area (Å²) >= 11 is 0. The van der Waals surface area contributed by atoms with Crippen LogP contribution in [0.4, 0.5) is 16.1 Å². The van der Waals surface area contributed by atoms with E-state index in [1.54, 1.807) is 26.0 Å². The number of fused-ring (bicyclic) bond motifs is 1. The lowest BCUT2D eigenvalue weighted by Gasteiger charge is -2.24. The van der Waals surface area contributed by atoms with Crippen molar-refractivity contribution in [1.82, 2.24) is 23.7 Å². The fourth-order valence-corrected chi connectivity index (χ4v) is 4.89. The lowest BCUT2D eigenvalue weighted by molar-refractivity contribution is -0.118. The van der Waals surface area contributed by atoms with E-state index in [1.165, 1.54) is 35.6 Å². The van der Waals surface area contributed by atoms with Crippen LogP contribution in [0.15, 0.2) is 38.5 Å². The van der Waals surface area contributed by atoms with Gasteiger partial charge in [0, 0.05) is 32.2 Å². The number of hydrogen-bond donors (Lipinski definition) is 1. The molecule has 194 valence electrons. The zero-order valence-electron chi connectivity index (χ0n) is 21.3. The molecule has 0 radical (unpaired) electrons. The summed E-state index contributed by atoms with van der Waals surface area (Å²) in [6.45, 7) is 6.18. The third-order valence-electron chi connectivity index (χ3n) is 7.08. The fourth-order valence-electron chi connectivity index (χ4n) is 4.89. The lowest BCUT2D eigenvalue weighted by Crippen LogP contribution is -2.38. The van der Waals surface area contributed by atoms with Crippen LogP contribution in [-0.2, 0) is 18.9 Å². The van der Waals surface area contributed by atoms with Crippen molar-refractivity contribution >= 4 is 28.8 Å². The van der Waals surface area contributed by atoms with E-state index in [0.717, 1.165) is 24.0 Å².